The third-order valence-electron chi connectivity index (χ3n) is 1.79. The lowest BCUT2D eigenvalue weighted by molar-refractivity contribution is -0.135. The fourth-order valence-corrected chi connectivity index (χ4v) is 1.06. The SMILES string of the molecule is CN(C)C(=O)NOc1cc(Cl)ccc1Cl.O=C(O)C(Cl)(Cl)Cl. The Kier molecular flexibility index (Phi) is 9.04. The van der Waals surface area contributed by atoms with Crippen molar-refractivity contribution in [1.82, 2.24) is 10.4 Å². The van der Waals surface area contributed by atoms with Crippen LogP contribution >= 0.6 is 58.0 Å². The van der Waals surface area contributed by atoms with Gasteiger partial charge in [0.2, 0.25) is 0 Å². The summed E-state index contributed by atoms with van der Waals surface area (Å²) < 4.78 is -2.17. The number of nitrogens with one attached hydrogen (secondary N) is 1. The molecule has 0 aliphatic carbocycles. The Labute approximate surface area is 151 Å². The monoisotopic (exact) mass is 410 g/mol. The molecule has 1 rings (SSSR count). The number of carboxylic acid groups (broad SMARTS) is 1. The highest BCUT2D eigenvalue weighted by Crippen LogP contribution is 2.27. The Bertz CT molecular complexity index is 534. The molecule has 0 aliphatic heterocycles. The topological polar surface area (TPSA) is 78.9 Å². The number of aliphatic carboxylic acids is 1. The van der Waals surface area contributed by atoms with Gasteiger partial charge in [0, 0.05) is 25.2 Å². The lowest BCUT2D eigenvalue weighted by Gasteiger charge is -2.13. The normalized spacial score (nSPS) is 10.1. The molecule has 0 aliphatic rings. The van der Waals surface area contributed by atoms with Crippen molar-refractivity contribution in [2.24, 2.45) is 0 Å². The van der Waals surface area contributed by atoms with E-state index < -0.39 is 9.76 Å². The molecular weight excluding hydrogens is 401 g/mol. The van der Waals surface area contributed by atoms with Gasteiger partial charge in [0.1, 0.15) is 0 Å². The minimum atomic E-state index is -2.17. The summed E-state index contributed by atoms with van der Waals surface area (Å²) in [6.07, 6.45) is 0. The first-order valence-corrected chi connectivity index (χ1v) is 7.23. The molecule has 0 fully saturated rings. The number of carboxylic acids is 1. The van der Waals surface area contributed by atoms with Crippen molar-refractivity contribution in [3.05, 3.63) is 28.2 Å². The first kappa shape index (κ1) is 21.2. The van der Waals surface area contributed by atoms with Gasteiger partial charge in [0.05, 0.1) is 5.02 Å². The van der Waals surface area contributed by atoms with Crippen LogP contribution in [0.3, 0.4) is 0 Å². The highest BCUT2D eigenvalue weighted by atomic mass is 35.6. The molecule has 1 aromatic rings. The van der Waals surface area contributed by atoms with E-state index in [4.69, 9.17) is 67.9 Å². The first-order valence-electron chi connectivity index (χ1n) is 5.34. The summed E-state index contributed by atoms with van der Waals surface area (Å²) in [4.78, 5) is 27.1. The molecule has 6 nitrogen and oxygen atoms in total. The predicted octanol–water partition coefficient (Wildman–Crippen LogP) is 4.00. The second-order valence-corrected chi connectivity index (χ2v) is 6.91. The average molecular weight is 412 g/mol. The zero-order valence-corrected chi connectivity index (χ0v) is 15.0. The van der Waals surface area contributed by atoms with Crippen LogP contribution in [-0.2, 0) is 4.79 Å². The van der Waals surface area contributed by atoms with E-state index in [-0.39, 0.29) is 6.03 Å². The third kappa shape index (κ3) is 8.60. The molecule has 0 atom stereocenters. The highest BCUT2D eigenvalue weighted by molar-refractivity contribution is 6.75. The van der Waals surface area contributed by atoms with E-state index in [0.717, 1.165) is 0 Å². The maximum absolute atomic E-state index is 11.1. The molecule has 0 radical (unpaired) electrons. The minimum absolute atomic E-state index is 0.305. The van der Waals surface area contributed by atoms with Crippen LogP contribution in [-0.4, -0.2) is 39.9 Å². The van der Waals surface area contributed by atoms with Crippen LogP contribution in [0.2, 0.25) is 10.0 Å². The Morgan fingerprint density at radius 3 is 2.14 bits per heavy atom. The number of urea groups is 1. The van der Waals surface area contributed by atoms with Gasteiger partial charge in [-0.2, -0.15) is 5.48 Å². The molecule has 0 heterocycles. The number of alkyl halides is 3. The maximum Gasteiger partial charge on any atom is 0.356 e. The standard InChI is InChI=1S/C9H10Cl2N2O2.C2HCl3O2/c1-13(2)9(14)12-15-8-5-6(10)3-4-7(8)11;3-2(4,5)1(6)7/h3-5H,1-2H3,(H,12,14);(H,6,7). The van der Waals surface area contributed by atoms with Crippen molar-refractivity contribution in [3.8, 4) is 5.75 Å². The lowest BCUT2D eigenvalue weighted by Crippen LogP contribution is -2.36. The maximum atomic E-state index is 11.1. The number of hydrogen-bond acceptors (Lipinski definition) is 3. The number of carbonyl (C=O) groups excluding carboxylic acids is 1. The van der Waals surface area contributed by atoms with Gasteiger partial charge >= 0.3 is 12.0 Å². The van der Waals surface area contributed by atoms with Gasteiger partial charge in [-0.05, 0) is 12.1 Å². The fourth-order valence-electron chi connectivity index (χ4n) is 0.745. The summed E-state index contributed by atoms with van der Waals surface area (Å²) in [5.74, 6) is -1.16. The van der Waals surface area contributed by atoms with Crippen molar-refractivity contribution in [3.63, 3.8) is 0 Å². The van der Waals surface area contributed by atoms with Crippen LogP contribution in [0.5, 0.6) is 5.75 Å². The van der Waals surface area contributed by atoms with Crippen LogP contribution in [0.25, 0.3) is 0 Å². The number of amides is 2. The first-order chi connectivity index (χ1) is 9.95. The minimum Gasteiger partial charge on any atom is -0.478 e. The Hall–Kier alpha value is -0.790. The van der Waals surface area contributed by atoms with Gasteiger partial charge in [-0.3, -0.25) is 0 Å². The van der Waals surface area contributed by atoms with Gasteiger partial charge in [-0.15, -0.1) is 0 Å². The number of benzene rings is 1. The number of carbonyl (C=O) groups is 2. The van der Waals surface area contributed by atoms with Crippen molar-refractivity contribution in [2.45, 2.75) is 3.79 Å². The van der Waals surface area contributed by atoms with Crippen molar-refractivity contribution in [1.29, 1.82) is 0 Å². The molecule has 124 valence electrons. The van der Waals surface area contributed by atoms with Crippen LogP contribution in [0.1, 0.15) is 0 Å². The largest absolute Gasteiger partial charge is 0.478 e. The number of hydrogen-bond donors (Lipinski definition) is 2. The van der Waals surface area contributed by atoms with Gasteiger partial charge < -0.3 is 14.8 Å². The lowest BCUT2D eigenvalue weighted by atomic mass is 10.3. The van der Waals surface area contributed by atoms with E-state index in [1.807, 2.05) is 0 Å². The Morgan fingerprint density at radius 1 is 1.23 bits per heavy atom. The number of halogens is 5. The van der Waals surface area contributed by atoms with Crippen molar-refractivity contribution in [2.75, 3.05) is 14.1 Å². The van der Waals surface area contributed by atoms with E-state index in [9.17, 15) is 9.59 Å². The second-order valence-electron chi connectivity index (χ2n) is 3.78. The summed E-state index contributed by atoms with van der Waals surface area (Å²) in [6, 6.07) is 4.34. The number of rotatable bonds is 2. The van der Waals surface area contributed by atoms with E-state index in [0.29, 0.717) is 15.8 Å². The smallest absolute Gasteiger partial charge is 0.356 e. The summed E-state index contributed by atoms with van der Waals surface area (Å²) >= 11 is 25.9. The molecule has 0 unspecified atom stereocenters. The van der Waals surface area contributed by atoms with Gasteiger partial charge in [0.25, 0.3) is 3.79 Å². The molecule has 0 bridgehead atoms. The van der Waals surface area contributed by atoms with E-state index in [1.54, 1.807) is 26.2 Å². The number of nitrogens with zero attached hydrogens (tertiary/aromatic N) is 1. The fraction of sp³-hybridized carbons (Fsp3) is 0.273. The van der Waals surface area contributed by atoms with Gasteiger partial charge in [-0.1, -0.05) is 58.0 Å². The van der Waals surface area contributed by atoms with E-state index >= 15 is 0 Å². The molecular formula is C11H11Cl5N2O4. The average Bonchev–Trinajstić information content (AvgIpc) is 2.38. The quantitative estimate of drug-likeness (QED) is 0.569. The highest BCUT2D eigenvalue weighted by Gasteiger charge is 2.29. The molecule has 1 aromatic carbocycles. The molecule has 22 heavy (non-hydrogen) atoms. The van der Waals surface area contributed by atoms with E-state index in [2.05, 4.69) is 5.48 Å². The third-order valence-corrected chi connectivity index (χ3v) is 2.82. The molecule has 0 saturated heterocycles. The van der Waals surface area contributed by atoms with Gasteiger partial charge in [0.15, 0.2) is 5.75 Å². The summed E-state index contributed by atoms with van der Waals surface area (Å²) in [5, 5.41) is 8.71. The molecule has 11 heteroatoms. The summed E-state index contributed by atoms with van der Waals surface area (Å²) in [6.45, 7) is 0. The number of hydroxylamine groups is 1. The van der Waals surface area contributed by atoms with Crippen molar-refractivity contribution < 1.29 is 19.5 Å². The molecule has 0 aromatic heterocycles. The molecule has 0 saturated carbocycles. The Morgan fingerprint density at radius 2 is 1.73 bits per heavy atom. The van der Waals surface area contributed by atoms with Crippen LogP contribution in [0, 0.1) is 0 Å². The van der Waals surface area contributed by atoms with Crippen LogP contribution in [0.4, 0.5) is 4.79 Å². The van der Waals surface area contributed by atoms with Crippen LogP contribution in [0.15, 0.2) is 18.2 Å². The molecule has 2 N–H and O–H groups in total. The van der Waals surface area contributed by atoms with E-state index in [1.165, 1.54) is 11.0 Å². The zero-order chi connectivity index (χ0) is 17.5. The Balaban J connectivity index is 0.000000534. The predicted molar refractivity (Wildman–Crippen MR) is 87.2 cm³/mol. The second kappa shape index (κ2) is 9.37. The molecule has 0 spiro atoms. The van der Waals surface area contributed by atoms with Crippen molar-refractivity contribution >= 4 is 70.0 Å². The summed E-state index contributed by atoms with van der Waals surface area (Å²) in [7, 11) is 3.19. The molecule has 2 amide bonds. The zero-order valence-electron chi connectivity index (χ0n) is 11.2. The van der Waals surface area contributed by atoms with Crippen LogP contribution < -0.4 is 10.3 Å². The summed E-state index contributed by atoms with van der Waals surface area (Å²) in [5.41, 5.74) is 2.21. The van der Waals surface area contributed by atoms with Gasteiger partial charge in [-0.25, -0.2) is 9.59 Å².